The number of nitrogens with one attached hydrogen (secondary N) is 3. The van der Waals surface area contributed by atoms with Crippen LogP contribution in [0.5, 0.6) is 11.8 Å². The molecule has 19 heteroatoms. The highest BCUT2D eigenvalue weighted by Crippen LogP contribution is 2.44. The molecule has 11 rings (SSSR count). The molecule has 0 radical (unpaired) electrons. The standard InChI is InChI=1S/C50H50F2N10O7/c1-3-33-36(51)11-8-28-20-32(63)21-34(40(28)33)42-41(52)43-35(22-54-42)45(60-23-29-9-10-30(24-60)55-29)58-47(57-43)69-26-50-16-5-19-61(50)31(14-17-50)25-68-48(66)53-18-15-27-6-4-7-37-44(27)59(2)49(67)62(37)38-12-13-39(64)56-46(38)65/h1,4,6-8,11,20-22,29-31,38,55,63H,5,9-10,12-19,23-26H2,2H3,(H,53,66)(H,56,64,65)/t29?,30?,31-,38?,50-/m0/s1. The van der Waals surface area contributed by atoms with Crippen molar-refractivity contribution in [1.29, 1.82) is 0 Å². The predicted molar refractivity (Wildman–Crippen MR) is 251 cm³/mol. The lowest BCUT2D eigenvalue weighted by atomic mass is 9.95. The number of imidazole rings is 1. The summed E-state index contributed by atoms with van der Waals surface area (Å²) in [6.07, 6.45) is 12.8. The molecule has 356 valence electrons. The normalized spacial score (nSPS) is 23.4. The molecule has 69 heavy (non-hydrogen) atoms. The van der Waals surface area contributed by atoms with Crippen LogP contribution in [0.2, 0.25) is 0 Å². The lowest BCUT2D eigenvalue weighted by Crippen LogP contribution is -2.51. The number of benzene rings is 3. The number of fused-ring (bicyclic) bond motifs is 6. The van der Waals surface area contributed by atoms with Crippen LogP contribution in [-0.2, 0) is 27.8 Å². The highest BCUT2D eigenvalue weighted by Gasteiger charge is 2.50. The summed E-state index contributed by atoms with van der Waals surface area (Å²) >= 11 is 0. The molecular formula is C50H50F2N10O7. The summed E-state index contributed by atoms with van der Waals surface area (Å²) in [6, 6.07) is 10.5. The molecule has 3 aromatic carbocycles. The molecule has 4 N–H and O–H groups in total. The smallest absolute Gasteiger partial charge is 0.407 e. The Labute approximate surface area is 394 Å². The quantitative estimate of drug-likeness (QED) is 0.103. The number of anilines is 1. The fourth-order valence-electron chi connectivity index (χ4n) is 11.7. The van der Waals surface area contributed by atoms with E-state index in [0.29, 0.717) is 47.1 Å². The van der Waals surface area contributed by atoms with Crippen molar-refractivity contribution in [1.82, 2.24) is 44.9 Å². The van der Waals surface area contributed by atoms with Crippen molar-refractivity contribution in [3.05, 3.63) is 81.9 Å². The number of carbonyl (C=O) groups excluding carboxylic acids is 3. The van der Waals surface area contributed by atoms with Gasteiger partial charge in [0.1, 0.15) is 47.9 Å². The van der Waals surface area contributed by atoms with Gasteiger partial charge in [0.15, 0.2) is 5.82 Å². The number of hydrogen-bond acceptors (Lipinski definition) is 13. The van der Waals surface area contributed by atoms with E-state index in [2.05, 4.69) is 41.6 Å². The maximum Gasteiger partial charge on any atom is 0.407 e. The van der Waals surface area contributed by atoms with Crippen LogP contribution in [0, 0.1) is 24.0 Å². The molecule has 3 unspecified atom stereocenters. The zero-order valence-corrected chi connectivity index (χ0v) is 37.9. The second-order valence-corrected chi connectivity index (χ2v) is 19.0. The monoisotopic (exact) mass is 940 g/mol. The summed E-state index contributed by atoms with van der Waals surface area (Å²) in [4.78, 5) is 69.6. The van der Waals surface area contributed by atoms with E-state index in [4.69, 9.17) is 20.9 Å². The van der Waals surface area contributed by atoms with E-state index < -0.39 is 35.2 Å². The van der Waals surface area contributed by atoms with Crippen LogP contribution in [0.4, 0.5) is 19.4 Å². The van der Waals surface area contributed by atoms with Crippen LogP contribution >= 0.6 is 0 Å². The number of aromatic nitrogens is 5. The number of phenols is 1. The second-order valence-electron chi connectivity index (χ2n) is 19.0. The number of nitrogens with zero attached hydrogens (tertiary/aromatic N) is 7. The number of aromatic hydroxyl groups is 1. The minimum atomic E-state index is -0.800. The maximum absolute atomic E-state index is 17.2. The molecule has 0 spiro atoms. The Balaban J connectivity index is 0.795. The van der Waals surface area contributed by atoms with Gasteiger partial charge in [-0.1, -0.05) is 24.1 Å². The highest BCUT2D eigenvalue weighted by molar-refractivity contribution is 6.03. The van der Waals surface area contributed by atoms with E-state index in [1.165, 1.54) is 39.6 Å². The van der Waals surface area contributed by atoms with Gasteiger partial charge in [-0.15, -0.1) is 6.42 Å². The van der Waals surface area contributed by atoms with Gasteiger partial charge in [0, 0.05) is 68.4 Å². The summed E-state index contributed by atoms with van der Waals surface area (Å²) in [6.45, 7) is 2.68. The van der Waals surface area contributed by atoms with Crippen LogP contribution < -0.4 is 31.3 Å². The summed E-state index contributed by atoms with van der Waals surface area (Å²) in [5.74, 6) is 0.406. The Kier molecular flexibility index (Phi) is 11.2. The number of carbonyl (C=O) groups is 3. The summed E-state index contributed by atoms with van der Waals surface area (Å²) in [7, 11) is 1.64. The van der Waals surface area contributed by atoms with Crippen molar-refractivity contribution in [2.45, 2.75) is 87.5 Å². The number of pyridine rings is 1. The third-order valence-corrected chi connectivity index (χ3v) is 14.9. The number of rotatable bonds is 11. The molecule has 5 fully saturated rings. The molecule has 3 amide bonds. The third-order valence-electron chi connectivity index (χ3n) is 14.9. The first kappa shape index (κ1) is 44.3. The van der Waals surface area contributed by atoms with Gasteiger partial charge in [-0.3, -0.25) is 33.9 Å². The van der Waals surface area contributed by atoms with Crippen molar-refractivity contribution in [3.63, 3.8) is 0 Å². The number of aryl methyl sites for hydroxylation is 1. The third kappa shape index (κ3) is 7.75. The van der Waals surface area contributed by atoms with Crippen LogP contribution in [0.25, 0.3) is 44.0 Å². The van der Waals surface area contributed by atoms with Crippen LogP contribution in [-0.4, -0.2) is 115 Å². The van der Waals surface area contributed by atoms with E-state index in [0.717, 1.165) is 50.6 Å². The van der Waals surface area contributed by atoms with Crippen LogP contribution in [0.3, 0.4) is 0 Å². The zero-order chi connectivity index (χ0) is 47.7. The number of para-hydroxylation sites is 1. The van der Waals surface area contributed by atoms with E-state index >= 15 is 8.78 Å². The van der Waals surface area contributed by atoms with E-state index in [1.54, 1.807) is 19.2 Å². The fourth-order valence-corrected chi connectivity index (χ4v) is 11.7. The minimum Gasteiger partial charge on any atom is -0.508 e. The van der Waals surface area contributed by atoms with Crippen molar-refractivity contribution < 1.29 is 37.7 Å². The van der Waals surface area contributed by atoms with Gasteiger partial charge in [-0.2, -0.15) is 9.97 Å². The number of phenolic OH excluding ortho intramolecular Hbond substituents is 1. The fraction of sp³-hybridized carbons (Fsp3) is 0.420. The molecule has 3 aromatic heterocycles. The number of piperazine rings is 1. The topological polar surface area (TPSA) is 198 Å². The summed E-state index contributed by atoms with van der Waals surface area (Å²) in [5.41, 5.74) is 1.13. The molecular weight excluding hydrogens is 891 g/mol. The number of halogens is 2. The van der Waals surface area contributed by atoms with E-state index in [9.17, 15) is 24.3 Å². The number of piperidine rings is 1. The minimum absolute atomic E-state index is 0.000781. The van der Waals surface area contributed by atoms with Crippen molar-refractivity contribution in [2.24, 2.45) is 7.05 Å². The first-order valence-electron chi connectivity index (χ1n) is 23.5. The number of imide groups is 1. The Hall–Kier alpha value is -7.17. The van der Waals surface area contributed by atoms with Gasteiger partial charge in [-0.05, 0) is 93.1 Å². The van der Waals surface area contributed by atoms with Crippen LogP contribution in [0.1, 0.15) is 68.5 Å². The number of hydrogen-bond donors (Lipinski definition) is 4. The van der Waals surface area contributed by atoms with Gasteiger partial charge in [-0.25, -0.2) is 18.4 Å². The summed E-state index contributed by atoms with van der Waals surface area (Å²) < 4.78 is 47.5. The van der Waals surface area contributed by atoms with Gasteiger partial charge in [0.2, 0.25) is 11.8 Å². The van der Waals surface area contributed by atoms with Crippen molar-refractivity contribution >= 4 is 56.4 Å². The van der Waals surface area contributed by atoms with E-state index in [1.807, 2.05) is 6.07 Å². The molecule has 6 aromatic rings. The first-order chi connectivity index (χ1) is 33.4. The van der Waals surface area contributed by atoms with E-state index in [-0.39, 0.29) is 102 Å². The van der Waals surface area contributed by atoms with Crippen LogP contribution in [0.15, 0.2) is 53.5 Å². The molecule has 5 aliphatic rings. The molecule has 2 bridgehead atoms. The highest BCUT2D eigenvalue weighted by atomic mass is 19.1. The molecule has 8 heterocycles. The first-order valence-corrected chi connectivity index (χ1v) is 23.5. The Bertz CT molecular complexity index is 3210. The Morgan fingerprint density at radius 2 is 1.88 bits per heavy atom. The molecule has 0 aliphatic carbocycles. The molecule has 5 saturated heterocycles. The molecule has 0 saturated carbocycles. The largest absolute Gasteiger partial charge is 0.508 e. The molecule has 17 nitrogen and oxygen atoms in total. The molecule has 5 atom stereocenters. The lowest BCUT2D eigenvalue weighted by molar-refractivity contribution is -0.135. The number of terminal acetylenes is 1. The summed E-state index contributed by atoms with van der Waals surface area (Å²) in [5, 5.41) is 20.6. The number of ether oxygens (including phenoxy) is 2. The van der Waals surface area contributed by atoms with Gasteiger partial charge < -0.3 is 30.1 Å². The van der Waals surface area contributed by atoms with Gasteiger partial charge >= 0.3 is 17.8 Å². The predicted octanol–water partition coefficient (Wildman–Crippen LogP) is 4.73. The van der Waals surface area contributed by atoms with Gasteiger partial charge in [0.25, 0.3) is 0 Å². The second kappa shape index (κ2) is 17.4. The van der Waals surface area contributed by atoms with Crippen molar-refractivity contribution in [2.75, 3.05) is 44.3 Å². The zero-order valence-electron chi connectivity index (χ0n) is 37.9. The lowest BCUT2D eigenvalue weighted by Gasteiger charge is -2.35. The van der Waals surface area contributed by atoms with Gasteiger partial charge in [0.05, 0.1) is 27.5 Å². The average Bonchev–Trinajstić information content (AvgIpc) is 4.08. The maximum atomic E-state index is 17.2. The SMILES string of the molecule is C#Cc1c(F)ccc2cc(O)cc(-c3ncc4c(N5CC6CCC(C5)N6)nc(OC[C@@]56CCCN5[C@H](COC(=O)NCCc5cccc7c5n(C)c(=O)n7C5CCC(=O)NC5=O)CC6)nc4c3F)c12. The Morgan fingerprint density at radius 1 is 1.06 bits per heavy atom. The Morgan fingerprint density at radius 3 is 2.68 bits per heavy atom. The van der Waals surface area contributed by atoms with Crippen molar-refractivity contribution in [3.8, 4) is 35.4 Å². The average molecular weight is 941 g/mol. The molecule has 5 aliphatic heterocycles. The number of amides is 3. The number of alkyl carbamates (subject to hydrolysis) is 1.